The lowest BCUT2D eigenvalue weighted by molar-refractivity contribution is 0.816. The van der Waals surface area contributed by atoms with Crippen LogP contribution in [0.1, 0.15) is 37.3 Å². The van der Waals surface area contributed by atoms with Gasteiger partial charge in [-0.3, -0.25) is 0 Å². The van der Waals surface area contributed by atoms with E-state index in [4.69, 9.17) is 0 Å². The molecule has 0 saturated carbocycles. The van der Waals surface area contributed by atoms with Crippen LogP contribution in [0.2, 0.25) is 0 Å². The molecule has 15 heavy (non-hydrogen) atoms. The molecule has 0 atom stereocenters. The summed E-state index contributed by atoms with van der Waals surface area (Å²) >= 11 is 0. The molecule has 0 saturated heterocycles. The van der Waals surface area contributed by atoms with E-state index in [1.54, 1.807) is 0 Å². The number of hydrogen-bond acceptors (Lipinski definition) is 0. The van der Waals surface area contributed by atoms with Gasteiger partial charge in [0.2, 0.25) is 0 Å². The smallest absolute Gasteiger partial charge is 0.0262 e. The van der Waals surface area contributed by atoms with Crippen LogP contribution < -0.4 is 0 Å². The Kier molecular flexibility index (Phi) is 8.46. The average molecular weight is 202 g/mol. The fraction of sp³-hybridized carbons (Fsp3) is 0.333. The van der Waals surface area contributed by atoms with Crippen LogP contribution in [0, 0.1) is 6.92 Å². The number of allylic oxidation sites excluding steroid dienone is 1. The van der Waals surface area contributed by atoms with Gasteiger partial charge in [-0.2, -0.15) is 0 Å². The molecule has 0 heteroatoms. The van der Waals surface area contributed by atoms with Gasteiger partial charge in [-0.1, -0.05) is 68.3 Å². The van der Waals surface area contributed by atoms with Crippen molar-refractivity contribution in [2.45, 2.75) is 33.1 Å². The lowest BCUT2D eigenvalue weighted by atomic mass is 10.2. The van der Waals surface area contributed by atoms with Crippen molar-refractivity contribution in [3.8, 4) is 0 Å². The van der Waals surface area contributed by atoms with E-state index in [1.165, 1.54) is 30.4 Å². The average Bonchev–Trinajstić information content (AvgIpc) is 2.28. The molecule has 0 bridgehead atoms. The predicted octanol–water partition coefficient (Wildman–Crippen LogP) is 5.00. The van der Waals surface area contributed by atoms with Crippen molar-refractivity contribution in [2.75, 3.05) is 0 Å². The first-order valence-corrected chi connectivity index (χ1v) is 5.54. The molecule has 0 amide bonds. The third-order valence-electron chi connectivity index (χ3n) is 2.07. The molecule has 0 aliphatic heterocycles. The number of rotatable bonds is 4. The Morgan fingerprint density at radius 1 is 1.13 bits per heavy atom. The van der Waals surface area contributed by atoms with Gasteiger partial charge in [0.25, 0.3) is 0 Å². The van der Waals surface area contributed by atoms with Gasteiger partial charge in [0.1, 0.15) is 0 Å². The highest BCUT2D eigenvalue weighted by atomic mass is 13.9. The Morgan fingerprint density at radius 3 is 2.07 bits per heavy atom. The molecule has 0 heterocycles. The van der Waals surface area contributed by atoms with Crippen molar-refractivity contribution >= 4 is 6.08 Å². The highest BCUT2D eigenvalue weighted by Crippen LogP contribution is 2.02. The molecule has 0 aliphatic rings. The highest BCUT2D eigenvalue weighted by molar-refractivity contribution is 5.46. The molecule has 0 aromatic heterocycles. The minimum Gasteiger partial charge on any atom is -0.103 e. The molecule has 0 radical (unpaired) electrons. The molecule has 0 aliphatic carbocycles. The van der Waals surface area contributed by atoms with Gasteiger partial charge in [-0.15, -0.1) is 6.58 Å². The van der Waals surface area contributed by atoms with E-state index >= 15 is 0 Å². The highest BCUT2D eigenvalue weighted by Gasteiger charge is 1.82. The van der Waals surface area contributed by atoms with Crippen molar-refractivity contribution in [3.63, 3.8) is 0 Å². The summed E-state index contributed by atoms with van der Waals surface area (Å²) in [7, 11) is 0. The van der Waals surface area contributed by atoms with Crippen LogP contribution in [0.4, 0.5) is 0 Å². The van der Waals surface area contributed by atoms with Gasteiger partial charge >= 0.3 is 0 Å². The summed E-state index contributed by atoms with van der Waals surface area (Å²) in [5.74, 6) is 0. The van der Waals surface area contributed by atoms with Crippen molar-refractivity contribution in [2.24, 2.45) is 0 Å². The van der Waals surface area contributed by atoms with Crippen LogP contribution in [0.15, 0.2) is 43.5 Å². The Labute approximate surface area is 94.3 Å². The topological polar surface area (TPSA) is 0 Å². The van der Waals surface area contributed by atoms with Crippen molar-refractivity contribution in [1.82, 2.24) is 0 Å². The van der Waals surface area contributed by atoms with Crippen LogP contribution in [0.5, 0.6) is 0 Å². The number of hydrogen-bond donors (Lipinski definition) is 0. The molecule has 0 nitrogen and oxygen atoms in total. The third kappa shape index (κ3) is 7.75. The summed E-state index contributed by atoms with van der Waals surface area (Å²) in [6, 6.07) is 8.28. The normalized spacial score (nSPS) is 8.67. The Bertz CT molecular complexity index is 267. The Hall–Kier alpha value is -1.30. The zero-order chi connectivity index (χ0) is 11.5. The zero-order valence-corrected chi connectivity index (χ0v) is 10.00. The van der Waals surface area contributed by atoms with Crippen molar-refractivity contribution in [3.05, 3.63) is 54.6 Å². The maximum Gasteiger partial charge on any atom is -0.0262 e. The van der Waals surface area contributed by atoms with Crippen LogP contribution in [-0.2, 0) is 0 Å². The van der Waals surface area contributed by atoms with Gasteiger partial charge in [0, 0.05) is 0 Å². The quantitative estimate of drug-likeness (QED) is 0.476. The van der Waals surface area contributed by atoms with E-state index in [9.17, 15) is 0 Å². The van der Waals surface area contributed by atoms with Crippen molar-refractivity contribution < 1.29 is 0 Å². The van der Waals surface area contributed by atoms with E-state index in [-0.39, 0.29) is 0 Å². The molecule has 0 spiro atoms. The van der Waals surface area contributed by atoms with E-state index in [2.05, 4.69) is 51.3 Å². The molecule has 0 N–H and O–H groups in total. The fourth-order valence-electron chi connectivity index (χ4n) is 1.05. The number of benzene rings is 1. The van der Waals surface area contributed by atoms with Crippen LogP contribution in [0.25, 0.3) is 6.08 Å². The lowest BCUT2D eigenvalue weighted by Crippen LogP contribution is -1.71. The van der Waals surface area contributed by atoms with E-state index < -0.39 is 0 Å². The summed E-state index contributed by atoms with van der Waals surface area (Å²) in [4.78, 5) is 0. The standard InChI is InChI=1S/C9H10.C6H12/c1-3-9-6-4-8(2)5-7-9;1-3-5-6-4-2/h3-7H,1H2,2H3;3H,1,4-6H2,2H3. The van der Waals surface area contributed by atoms with Crippen molar-refractivity contribution in [1.29, 1.82) is 0 Å². The second kappa shape index (κ2) is 9.26. The Balaban J connectivity index is 0.000000288. The SMILES string of the molecule is C=CCCCC.C=Cc1ccc(C)cc1. The molecule has 0 unspecified atom stereocenters. The van der Waals surface area contributed by atoms with Gasteiger partial charge in [0.05, 0.1) is 0 Å². The lowest BCUT2D eigenvalue weighted by Gasteiger charge is -1.91. The minimum absolute atomic E-state index is 1.18. The molecule has 0 fully saturated rings. The van der Waals surface area contributed by atoms with Crippen LogP contribution >= 0.6 is 0 Å². The second-order valence-electron chi connectivity index (χ2n) is 3.55. The Morgan fingerprint density at radius 2 is 1.73 bits per heavy atom. The molecule has 1 rings (SSSR count). The fourth-order valence-corrected chi connectivity index (χ4v) is 1.05. The summed E-state index contributed by atoms with van der Waals surface area (Å²) in [5.41, 5.74) is 2.47. The molecule has 1 aromatic rings. The van der Waals surface area contributed by atoms with Gasteiger partial charge in [-0.25, -0.2) is 0 Å². The first-order chi connectivity index (χ1) is 7.24. The van der Waals surface area contributed by atoms with Crippen LogP contribution in [-0.4, -0.2) is 0 Å². The van der Waals surface area contributed by atoms with Gasteiger partial charge < -0.3 is 0 Å². The monoisotopic (exact) mass is 202 g/mol. The van der Waals surface area contributed by atoms with Gasteiger partial charge in [-0.05, 0) is 18.9 Å². The molecular weight excluding hydrogens is 180 g/mol. The summed E-state index contributed by atoms with van der Waals surface area (Å²) < 4.78 is 0. The third-order valence-corrected chi connectivity index (χ3v) is 2.07. The summed E-state index contributed by atoms with van der Waals surface area (Å²) in [5, 5.41) is 0. The molecular formula is C15H22. The number of unbranched alkanes of at least 4 members (excludes halogenated alkanes) is 2. The predicted molar refractivity (Wildman–Crippen MR) is 71.0 cm³/mol. The van der Waals surface area contributed by atoms with E-state index in [0.717, 1.165) is 0 Å². The maximum atomic E-state index is 3.66. The first kappa shape index (κ1) is 13.7. The largest absolute Gasteiger partial charge is 0.103 e. The number of aryl methyl sites for hydroxylation is 1. The maximum absolute atomic E-state index is 3.66. The van der Waals surface area contributed by atoms with Gasteiger partial charge in [0.15, 0.2) is 0 Å². The van der Waals surface area contributed by atoms with E-state index in [1.807, 2.05) is 12.2 Å². The first-order valence-electron chi connectivity index (χ1n) is 5.54. The zero-order valence-electron chi connectivity index (χ0n) is 10.00. The molecule has 1 aromatic carbocycles. The summed E-state index contributed by atoms with van der Waals surface area (Å²) in [6.07, 6.45) is 7.56. The molecule has 82 valence electrons. The second-order valence-corrected chi connectivity index (χ2v) is 3.55. The van der Waals surface area contributed by atoms with Crippen LogP contribution in [0.3, 0.4) is 0 Å². The van der Waals surface area contributed by atoms with E-state index in [0.29, 0.717) is 0 Å². The summed E-state index contributed by atoms with van der Waals surface area (Å²) in [6.45, 7) is 11.5. The minimum atomic E-state index is 1.18.